The third kappa shape index (κ3) is 4.10. The predicted molar refractivity (Wildman–Crippen MR) is 79.4 cm³/mol. The lowest BCUT2D eigenvalue weighted by atomic mass is 10.3. The molecule has 0 unspecified atom stereocenters. The maximum Gasteiger partial charge on any atom is 0.242 e. The van der Waals surface area contributed by atoms with E-state index in [1.807, 2.05) is 19.2 Å². The molecule has 21 heavy (non-hydrogen) atoms. The highest BCUT2D eigenvalue weighted by atomic mass is 32.2. The second-order valence-corrected chi connectivity index (χ2v) is 7.55. The highest BCUT2D eigenvalue weighted by molar-refractivity contribution is 7.89. The summed E-state index contributed by atoms with van der Waals surface area (Å²) in [6.07, 6.45) is 1.16. The number of sulfonamides is 1. The van der Waals surface area contributed by atoms with Crippen molar-refractivity contribution in [3.05, 3.63) is 28.0 Å². The van der Waals surface area contributed by atoms with E-state index in [0.717, 1.165) is 16.8 Å². The zero-order valence-electron chi connectivity index (χ0n) is 12.1. The van der Waals surface area contributed by atoms with Gasteiger partial charge in [-0.05, 0) is 17.9 Å². The smallest absolute Gasteiger partial charge is 0.242 e. The molecule has 0 saturated carbocycles. The molecule has 0 aliphatic rings. The molecule has 2 heterocycles. The molecule has 0 atom stereocenters. The van der Waals surface area contributed by atoms with Gasteiger partial charge in [0.1, 0.15) is 4.90 Å². The molecule has 0 amide bonds. The van der Waals surface area contributed by atoms with Crippen molar-refractivity contribution in [2.75, 3.05) is 0 Å². The summed E-state index contributed by atoms with van der Waals surface area (Å²) in [5, 5.41) is 8.67. The van der Waals surface area contributed by atoms with Crippen LogP contribution in [0.3, 0.4) is 0 Å². The van der Waals surface area contributed by atoms with Gasteiger partial charge in [-0.25, -0.2) is 13.1 Å². The van der Waals surface area contributed by atoms with Gasteiger partial charge in [-0.3, -0.25) is 0 Å². The molecule has 0 aromatic carbocycles. The van der Waals surface area contributed by atoms with E-state index in [-0.39, 0.29) is 12.6 Å². The summed E-state index contributed by atoms with van der Waals surface area (Å²) in [7, 11) is -3.60. The molecule has 116 valence electrons. The first-order valence-corrected chi connectivity index (χ1v) is 8.81. The van der Waals surface area contributed by atoms with Crippen LogP contribution in [-0.4, -0.2) is 24.6 Å². The molecule has 2 aromatic heterocycles. The zero-order valence-corrected chi connectivity index (χ0v) is 13.7. The van der Waals surface area contributed by atoms with E-state index in [0.29, 0.717) is 17.3 Å². The first-order chi connectivity index (χ1) is 9.90. The first-order valence-electron chi connectivity index (χ1n) is 6.45. The summed E-state index contributed by atoms with van der Waals surface area (Å²) in [5.74, 6) is 0.299. The molecule has 2 aromatic rings. The Labute approximate surface area is 127 Å². The number of aromatic nitrogens is 2. The standard InChI is InChI=1S/C12H18N4O3S2/c1-8(2)13-4-10-12(9(3)6-20-10)21(17,18)15-5-11-14-7-19-16-11/h6-8,13,15H,4-5H2,1-3H3. The van der Waals surface area contributed by atoms with E-state index in [1.165, 1.54) is 11.3 Å². The Morgan fingerprint density at radius 2 is 2.14 bits per heavy atom. The highest BCUT2D eigenvalue weighted by Gasteiger charge is 2.23. The van der Waals surface area contributed by atoms with Gasteiger partial charge in [0.2, 0.25) is 16.4 Å². The molecule has 0 fully saturated rings. The number of aryl methyl sites for hydroxylation is 1. The minimum Gasteiger partial charge on any atom is -0.343 e. The van der Waals surface area contributed by atoms with Crippen molar-refractivity contribution in [2.24, 2.45) is 0 Å². The van der Waals surface area contributed by atoms with E-state index in [1.54, 1.807) is 6.92 Å². The zero-order chi connectivity index (χ0) is 15.5. The summed E-state index contributed by atoms with van der Waals surface area (Å²) < 4.78 is 32.0. The average Bonchev–Trinajstić information content (AvgIpc) is 3.03. The fourth-order valence-electron chi connectivity index (χ4n) is 1.77. The summed E-state index contributed by atoms with van der Waals surface area (Å²) in [4.78, 5) is 4.92. The van der Waals surface area contributed by atoms with Crippen molar-refractivity contribution in [3.63, 3.8) is 0 Å². The van der Waals surface area contributed by atoms with Gasteiger partial charge < -0.3 is 9.84 Å². The number of thiophene rings is 1. The fourth-order valence-corrected chi connectivity index (χ4v) is 4.51. The molecule has 0 radical (unpaired) electrons. The number of hydrogen-bond acceptors (Lipinski definition) is 7. The Morgan fingerprint density at radius 1 is 1.38 bits per heavy atom. The number of rotatable bonds is 7. The van der Waals surface area contributed by atoms with Gasteiger partial charge in [-0.2, -0.15) is 4.98 Å². The summed E-state index contributed by atoms with van der Waals surface area (Å²) in [6.45, 7) is 6.35. The lowest BCUT2D eigenvalue weighted by Gasteiger charge is -2.10. The Hall–Kier alpha value is -1.29. The Kier molecular flexibility index (Phi) is 5.09. The predicted octanol–water partition coefficient (Wildman–Crippen LogP) is 1.42. The molecule has 0 saturated heterocycles. The van der Waals surface area contributed by atoms with Crippen molar-refractivity contribution >= 4 is 21.4 Å². The number of nitrogens with one attached hydrogen (secondary N) is 2. The van der Waals surface area contributed by atoms with Gasteiger partial charge in [-0.1, -0.05) is 19.0 Å². The summed E-state index contributed by atoms with van der Waals surface area (Å²) >= 11 is 1.44. The van der Waals surface area contributed by atoms with Crippen LogP contribution in [-0.2, 0) is 23.1 Å². The fraction of sp³-hybridized carbons (Fsp3) is 0.500. The lowest BCUT2D eigenvalue weighted by molar-refractivity contribution is 0.409. The van der Waals surface area contributed by atoms with Gasteiger partial charge in [0.15, 0.2) is 5.82 Å². The molecular formula is C12H18N4O3S2. The Morgan fingerprint density at radius 3 is 2.76 bits per heavy atom. The maximum absolute atomic E-state index is 12.5. The summed E-state index contributed by atoms with van der Waals surface area (Å²) in [6, 6.07) is 0.287. The Bertz CT molecular complexity index is 677. The average molecular weight is 330 g/mol. The van der Waals surface area contributed by atoms with Crippen molar-refractivity contribution in [1.29, 1.82) is 0 Å². The molecule has 0 aliphatic carbocycles. The van der Waals surface area contributed by atoms with Crippen LogP contribution in [0.4, 0.5) is 0 Å². The molecular weight excluding hydrogens is 312 g/mol. The van der Waals surface area contributed by atoms with Gasteiger partial charge in [0.05, 0.1) is 6.54 Å². The van der Waals surface area contributed by atoms with Crippen molar-refractivity contribution in [2.45, 2.75) is 44.8 Å². The molecule has 7 nitrogen and oxygen atoms in total. The monoisotopic (exact) mass is 330 g/mol. The number of nitrogens with zero attached hydrogens (tertiary/aromatic N) is 2. The van der Waals surface area contributed by atoms with Gasteiger partial charge >= 0.3 is 0 Å². The molecule has 0 bridgehead atoms. The summed E-state index contributed by atoms with van der Waals surface area (Å²) in [5.41, 5.74) is 0.737. The molecule has 2 rings (SSSR count). The van der Waals surface area contributed by atoms with Gasteiger partial charge in [0.25, 0.3) is 0 Å². The maximum atomic E-state index is 12.5. The van der Waals surface area contributed by atoms with Crippen LogP contribution in [0.2, 0.25) is 0 Å². The molecule has 2 N–H and O–H groups in total. The van der Waals surface area contributed by atoms with E-state index in [4.69, 9.17) is 0 Å². The normalized spacial score (nSPS) is 12.2. The van der Waals surface area contributed by atoms with Gasteiger partial charge in [-0.15, -0.1) is 11.3 Å². The highest BCUT2D eigenvalue weighted by Crippen LogP contribution is 2.26. The van der Waals surface area contributed by atoms with E-state index >= 15 is 0 Å². The Balaban J connectivity index is 2.16. The molecule has 9 heteroatoms. The number of hydrogen-bond donors (Lipinski definition) is 2. The quantitative estimate of drug-likeness (QED) is 0.797. The van der Waals surface area contributed by atoms with Crippen LogP contribution >= 0.6 is 11.3 Å². The SMILES string of the molecule is Cc1csc(CNC(C)C)c1S(=O)(=O)NCc1ncon1. The van der Waals surface area contributed by atoms with Crippen LogP contribution < -0.4 is 10.0 Å². The van der Waals surface area contributed by atoms with Crippen molar-refractivity contribution < 1.29 is 12.9 Å². The van der Waals surface area contributed by atoms with E-state index in [2.05, 4.69) is 24.7 Å². The van der Waals surface area contributed by atoms with E-state index in [9.17, 15) is 8.42 Å². The lowest BCUT2D eigenvalue weighted by Crippen LogP contribution is -2.27. The second kappa shape index (κ2) is 6.65. The van der Waals surface area contributed by atoms with E-state index < -0.39 is 10.0 Å². The topological polar surface area (TPSA) is 97.1 Å². The molecule has 0 spiro atoms. The minimum absolute atomic E-state index is 0.00513. The van der Waals surface area contributed by atoms with Crippen molar-refractivity contribution in [1.82, 2.24) is 20.2 Å². The van der Waals surface area contributed by atoms with Crippen LogP contribution in [0.1, 0.15) is 30.1 Å². The van der Waals surface area contributed by atoms with Crippen LogP contribution in [0.5, 0.6) is 0 Å². The van der Waals surface area contributed by atoms with Crippen LogP contribution in [0, 0.1) is 6.92 Å². The van der Waals surface area contributed by atoms with Crippen LogP contribution in [0.25, 0.3) is 0 Å². The second-order valence-electron chi connectivity index (χ2n) is 4.88. The van der Waals surface area contributed by atoms with Crippen molar-refractivity contribution in [3.8, 4) is 0 Å². The first kappa shape index (κ1) is 16.1. The third-order valence-electron chi connectivity index (χ3n) is 2.76. The third-order valence-corrected chi connectivity index (χ3v) is 5.62. The largest absolute Gasteiger partial charge is 0.343 e. The molecule has 0 aliphatic heterocycles. The van der Waals surface area contributed by atoms with Gasteiger partial charge in [0, 0.05) is 17.5 Å². The van der Waals surface area contributed by atoms with Crippen LogP contribution in [0.15, 0.2) is 21.2 Å². The minimum atomic E-state index is -3.60.